The third kappa shape index (κ3) is 5.82. The first-order valence-electron chi connectivity index (χ1n) is 6.34. The molecule has 1 N–H and O–H groups in total. The second-order valence-electron chi connectivity index (χ2n) is 4.67. The molecule has 20 heavy (non-hydrogen) atoms. The van der Waals surface area contributed by atoms with Crippen molar-refractivity contribution in [2.24, 2.45) is 0 Å². The minimum atomic E-state index is -4.35. The molecule has 1 atom stereocenters. The van der Waals surface area contributed by atoms with E-state index in [9.17, 15) is 18.0 Å². The molecule has 1 rings (SSSR count). The molecule has 0 bridgehead atoms. The molecule has 0 aliphatic carbocycles. The molecule has 0 aliphatic heterocycles. The summed E-state index contributed by atoms with van der Waals surface area (Å²) < 4.78 is 37.1. The summed E-state index contributed by atoms with van der Waals surface area (Å²) in [5, 5.41) is 2.79. The summed E-state index contributed by atoms with van der Waals surface area (Å²) in [6.45, 7) is 1.87. The maximum Gasteiger partial charge on any atom is 0.416 e. The summed E-state index contributed by atoms with van der Waals surface area (Å²) in [5.41, 5.74) is -0.155. The molecule has 0 saturated carbocycles. The maximum atomic E-state index is 12.4. The molecule has 0 saturated heterocycles. The molecule has 2 nitrogen and oxygen atoms in total. The summed E-state index contributed by atoms with van der Waals surface area (Å²) in [7, 11) is 0. The molecule has 1 aromatic carbocycles. The second-order valence-corrected chi connectivity index (χ2v) is 5.05. The molecule has 0 spiro atoms. The number of carbonyl (C=O) groups is 1. The number of alkyl halides is 4. The Morgan fingerprint density at radius 1 is 1.30 bits per heavy atom. The van der Waals surface area contributed by atoms with Crippen molar-refractivity contribution in [1.82, 2.24) is 5.32 Å². The smallest absolute Gasteiger partial charge is 0.353 e. The van der Waals surface area contributed by atoms with Crippen molar-refractivity contribution >= 4 is 17.5 Å². The first-order chi connectivity index (χ1) is 9.32. The SMILES string of the molecule is CC(CCCCl)NC(=O)Cc1ccc(C(F)(F)F)cc1. The highest BCUT2D eigenvalue weighted by molar-refractivity contribution is 6.17. The van der Waals surface area contributed by atoms with Crippen molar-refractivity contribution in [2.75, 3.05) is 5.88 Å². The van der Waals surface area contributed by atoms with E-state index in [4.69, 9.17) is 11.6 Å². The van der Waals surface area contributed by atoms with Crippen molar-refractivity contribution in [3.8, 4) is 0 Å². The van der Waals surface area contributed by atoms with Crippen LogP contribution in [-0.2, 0) is 17.4 Å². The van der Waals surface area contributed by atoms with Crippen LogP contribution < -0.4 is 5.32 Å². The lowest BCUT2D eigenvalue weighted by Gasteiger charge is -2.13. The van der Waals surface area contributed by atoms with Gasteiger partial charge < -0.3 is 5.32 Å². The zero-order valence-corrected chi connectivity index (χ0v) is 11.9. The Kier molecular flexibility index (Phi) is 6.33. The van der Waals surface area contributed by atoms with Gasteiger partial charge in [0.25, 0.3) is 0 Å². The average Bonchev–Trinajstić information content (AvgIpc) is 2.35. The predicted octanol–water partition coefficient (Wildman–Crippen LogP) is 3.77. The Bertz CT molecular complexity index is 431. The van der Waals surface area contributed by atoms with Gasteiger partial charge in [-0.15, -0.1) is 11.6 Å². The monoisotopic (exact) mass is 307 g/mol. The topological polar surface area (TPSA) is 29.1 Å². The van der Waals surface area contributed by atoms with E-state index >= 15 is 0 Å². The Hall–Kier alpha value is -1.23. The van der Waals surface area contributed by atoms with Gasteiger partial charge in [-0.2, -0.15) is 13.2 Å². The normalized spacial score (nSPS) is 13.1. The number of hydrogen-bond donors (Lipinski definition) is 1. The van der Waals surface area contributed by atoms with Gasteiger partial charge in [-0.05, 0) is 37.5 Å². The molecule has 0 aliphatic rings. The minimum absolute atomic E-state index is 0.00991. The number of amides is 1. The summed E-state index contributed by atoms with van der Waals surface area (Å²) in [5.74, 6) is 0.339. The molecule has 0 aromatic heterocycles. The summed E-state index contributed by atoms with van der Waals surface area (Å²) >= 11 is 5.56. The van der Waals surface area contributed by atoms with Gasteiger partial charge in [0, 0.05) is 11.9 Å². The fraction of sp³-hybridized carbons (Fsp3) is 0.500. The highest BCUT2D eigenvalue weighted by Gasteiger charge is 2.29. The van der Waals surface area contributed by atoms with E-state index < -0.39 is 11.7 Å². The van der Waals surface area contributed by atoms with Crippen LogP contribution in [0.3, 0.4) is 0 Å². The highest BCUT2D eigenvalue weighted by atomic mass is 35.5. The molecule has 0 radical (unpaired) electrons. The Labute approximate surface area is 121 Å². The van der Waals surface area contributed by atoms with Gasteiger partial charge in [0.15, 0.2) is 0 Å². The summed E-state index contributed by atoms with van der Waals surface area (Å²) in [4.78, 5) is 11.7. The number of hydrogen-bond acceptors (Lipinski definition) is 1. The van der Waals surface area contributed by atoms with Crippen LogP contribution in [0.1, 0.15) is 30.9 Å². The Morgan fingerprint density at radius 2 is 1.90 bits per heavy atom. The molecule has 112 valence electrons. The van der Waals surface area contributed by atoms with Crippen LogP contribution in [0, 0.1) is 0 Å². The third-order valence-electron chi connectivity index (χ3n) is 2.82. The maximum absolute atomic E-state index is 12.4. The number of nitrogens with one attached hydrogen (secondary N) is 1. The number of carbonyl (C=O) groups excluding carboxylic acids is 1. The third-order valence-corrected chi connectivity index (χ3v) is 3.09. The Balaban J connectivity index is 2.50. The zero-order chi connectivity index (χ0) is 15.2. The molecular weight excluding hydrogens is 291 g/mol. The zero-order valence-electron chi connectivity index (χ0n) is 11.1. The molecule has 1 amide bonds. The molecule has 0 heterocycles. The van der Waals surface area contributed by atoms with Gasteiger partial charge >= 0.3 is 6.18 Å². The van der Waals surface area contributed by atoms with Crippen molar-refractivity contribution in [3.63, 3.8) is 0 Å². The number of benzene rings is 1. The molecule has 6 heteroatoms. The first kappa shape index (κ1) is 16.8. The number of rotatable bonds is 6. The van der Waals surface area contributed by atoms with Gasteiger partial charge in [0.05, 0.1) is 12.0 Å². The van der Waals surface area contributed by atoms with Crippen LogP contribution in [0.25, 0.3) is 0 Å². The molecule has 1 aromatic rings. The van der Waals surface area contributed by atoms with E-state index in [2.05, 4.69) is 5.32 Å². The minimum Gasteiger partial charge on any atom is -0.353 e. The van der Waals surface area contributed by atoms with Gasteiger partial charge in [-0.1, -0.05) is 12.1 Å². The van der Waals surface area contributed by atoms with Gasteiger partial charge in [0.2, 0.25) is 5.91 Å². The van der Waals surface area contributed by atoms with Crippen molar-refractivity contribution in [1.29, 1.82) is 0 Å². The van der Waals surface area contributed by atoms with Crippen LogP contribution >= 0.6 is 11.6 Å². The predicted molar refractivity (Wildman–Crippen MR) is 72.7 cm³/mol. The van der Waals surface area contributed by atoms with E-state index in [1.54, 1.807) is 0 Å². The largest absolute Gasteiger partial charge is 0.416 e. The highest BCUT2D eigenvalue weighted by Crippen LogP contribution is 2.29. The van der Waals surface area contributed by atoms with Crippen LogP contribution in [0.5, 0.6) is 0 Å². The summed E-state index contributed by atoms with van der Waals surface area (Å²) in [6.07, 6.45) is -2.69. The lowest BCUT2D eigenvalue weighted by Crippen LogP contribution is -2.33. The number of halogens is 4. The van der Waals surface area contributed by atoms with Crippen LogP contribution in [0.2, 0.25) is 0 Å². The average molecular weight is 308 g/mol. The fourth-order valence-electron chi connectivity index (χ4n) is 1.78. The van der Waals surface area contributed by atoms with Crippen LogP contribution in [-0.4, -0.2) is 17.8 Å². The van der Waals surface area contributed by atoms with E-state index in [1.807, 2.05) is 6.92 Å². The molecule has 1 unspecified atom stereocenters. The quantitative estimate of drug-likeness (QED) is 0.796. The van der Waals surface area contributed by atoms with Crippen LogP contribution in [0.15, 0.2) is 24.3 Å². The van der Waals surface area contributed by atoms with Crippen LogP contribution in [0.4, 0.5) is 13.2 Å². The van der Waals surface area contributed by atoms with Crippen molar-refractivity contribution < 1.29 is 18.0 Å². The van der Waals surface area contributed by atoms with Gasteiger partial charge in [0.1, 0.15) is 0 Å². The van der Waals surface area contributed by atoms with Gasteiger partial charge in [-0.25, -0.2) is 0 Å². The summed E-state index contributed by atoms with van der Waals surface area (Å²) in [6, 6.07) is 4.63. The van der Waals surface area contributed by atoms with E-state index in [1.165, 1.54) is 12.1 Å². The first-order valence-corrected chi connectivity index (χ1v) is 6.88. The lowest BCUT2D eigenvalue weighted by atomic mass is 10.1. The van der Waals surface area contributed by atoms with Crippen molar-refractivity contribution in [3.05, 3.63) is 35.4 Å². The van der Waals surface area contributed by atoms with Gasteiger partial charge in [-0.3, -0.25) is 4.79 Å². The standard InChI is InChI=1S/C14H17ClF3NO/c1-10(3-2-8-15)19-13(20)9-11-4-6-12(7-5-11)14(16,17)18/h4-7,10H,2-3,8-9H2,1H3,(H,19,20). The van der Waals surface area contributed by atoms with E-state index in [0.29, 0.717) is 11.4 Å². The van der Waals surface area contributed by atoms with Crippen molar-refractivity contribution in [2.45, 2.75) is 38.4 Å². The second kappa shape index (κ2) is 7.53. The van der Waals surface area contributed by atoms with E-state index in [-0.39, 0.29) is 18.4 Å². The fourth-order valence-corrected chi connectivity index (χ4v) is 1.93. The Morgan fingerprint density at radius 3 is 2.40 bits per heavy atom. The van der Waals surface area contributed by atoms with E-state index in [0.717, 1.165) is 25.0 Å². The lowest BCUT2D eigenvalue weighted by molar-refractivity contribution is -0.137. The molecule has 0 fully saturated rings. The molecular formula is C14H17ClF3NO.